The van der Waals surface area contributed by atoms with Gasteiger partial charge in [-0.15, -0.1) is 0 Å². The first-order valence-electron chi connectivity index (χ1n) is 6.23. The Morgan fingerprint density at radius 2 is 2.06 bits per heavy atom. The average Bonchev–Trinajstić information content (AvgIpc) is 2.40. The minimum atomic E-state index is 0.655. The van der Waals surface area contributed by atoms with Crippen molar-refractivity contribution in [1.82, 2.24) is 0 Å². The summed E-state index contributed by atoms with van der Waals surface area (Å²) in [5.74, 6) is 1.41. The second-order valence-corrected chi connectivity index (χ2v) is 4.56. The third kappa shape index (κ3) is 2.78. The second kappa shape index (κ2) is 5.71. The van der Waals surface area contributed by atoms with Crippen LogP contribution in [0, 0.1) is 0 Å². The van der Waals surface area contributed by atoms with Crippen LogP contribution in [0.4, 0.5) is 5.69 Å². The molecule has 1 aliphatic rings. The number of amides is 1. The highest BCUT2D eigenvalue weighted by Crippen LogP contribution is 2.36. The molecule has 1 aromatic carbocycles. The monoisotopic (exact) mass is 233 g/mol. The molecule has 1 aromatic rings. The van der Waals surface area contributed by atoms with Crippen molar-refractivity contribution in [2.24, 2.45) is 0 Å². The molecule has 92 valence electrons. The Morgan fingerprint density at radius 1 is 1.29 bits per heavy atom. The summed E-state index contributed by atoms with van der Waals surface area (Å²) in [7, 11) is 1.63. The van der Waals surface area contributed by atoms with E-state index in [1.165, 1.54) is 37.7 Å². The number of methoxy groups -OCH3 is 1. The average molecular weight is 233 g/mol. The number of hydrogen-bond acceptors (Lipinski definition) is 2. The van der Waals surface area contributed by atoms with Gasteiger partial charge in [0, 0.05) is 0 Å². The molecule has 0 atom stereocenters. The highest BCUT2D eigenvalue weighted by atomic mass is 16.5. The van der Waals surface area contributed by atoms with E-state index in [2.05, 4.69) is 17.4 Å². The first-order valence-corrected chi connectivity index (χ1v) is 6.23. The molecule has 0 unspecified atom stereocenters. The van der Waals surface area contributed by atoms with Gasteiger partial charge in [0.2, 0.25) is 6.41 Å². The number of anilines is 1. The minimum Gasteiger partial charge on any atom is -0.495 e. The Morgan fingerprint density at radius 3 is 2.71 bits per heavy atom. The summed E-state index contributed by atoms with van der Waals surface area (Å²) >= 11 is 0. The Hall–Kier alpha value is -1.51. The van der Waals surface area contributed by atoms with Crippen LogP contribution in [-0.2, 0) is 4.79 Å². The topological polar surface area (TPSA) is 38.3 Å². The number of hydrogen-bond donors (Lipinski definition) is 1. The number of carbonyl (C=O) groups is 1. The van der Waals surface area contributed by atoms with Gasteiger partial charge in [-0.25, -0.2) is 0 Å². The van der Waals surface area contributed by atoms with Crippen molar-refractivity contribution in [2.75, 3.05) is 12.4 Å². The molecule has 0 aliphatic heterocycles. The molecule has 17 heavy (non-hydrogen) atoms. The van der Waals surface area contributed by atoms with Gasteiger partial charge in [-0.2, -0.15) is 0 Å². The smallest absolute Gasteiger partial charge is 0.211 e. The van der Waals surface area contributed by atoms with Gasteiger partial charge in [0.1, 0.15) is 5.75 Å². The Labute approximate surface area is 102 Å². The molecule has 0 aromatic heterocycles. The van der Waals surface area contributed by atoms with Crippen molar-refractivity contribution in [1.29, 1.82) is 0 Å². The zero-order chi connectivity index (χ0) is 12.1. The van der Waals surface area contributed by atoms with Gasteiger partial charge in [-0.1, -0.05) is 25.3 Å². The molecule has 1 saturated carbocycles. The summed E-state index contributed by atoms with van der Waals surface area (Å²) in [6.07, 6.45) is 7.21. The molecule has 1 fully saturated rings. The summed E-state index contributed by atoms with van der Waals surface area (Å²) < 4.78 is 5.31. The Bertz CT molecular complexity index is 384. The fraction of sp³-hybridized carbons (Fsp3) is 0.500. The lowest BCUT2D eigenvalue weighted by molar-refractivity contribution is -0.105. The van der Waals surface area contributed by atoms with Crippen molar-refractivity contribution in [3.8, 4) is 5.75 Å². The van der Waals surface area contributed by atoms with Gasteiger partial charge in [-0.05, 0) is 36.5 Å². The molecule has 0 heterocycles. The van der Waals surface area contributed by atoms with Crippen LogP contribution in [0.15, 0.2) is 18.2 Å². The van der Waals surface area contributed by atoms with Crippen LogP contribution < -0.4 is 10.1 Å². The van der Waals surface area contributed by atoms with E-state index < -0.39 is 0 Å². The zero-order valence-electron chi connectivity index (χ0n) is 10.2. The van der Waals surface area contributed by atoms with Crippen LogP contribution in [0.5, 0.6) is 5.75 Å². The van der Waals surface area contributed by atoms with E-state index in [1.807, 2.05) is 6.07 Å². The lowest BCUT2D eigenvalue weighted by atomic mass is 9.84. The summed E-state index contributed by atoms with van der Waals surface area (Å²) in [4.78, 5) is 10.5. The van der Waals surface area contributed by atoms with Gasteiger partial charge in [0.05, 0.1) is 12.8 Å². The van der Waals surface area contributed by atoms with Crippen LogP contribution in [0.3, 0.4) is 0 Å². The van der Waals surface area contributed by atoms with E-state index in [-0.39, 0.29) is 0 Å². The maximum Gasteiger partial charge on any atom is 0.211 e. The molecule has 2 rings (SSSR count). The normalized spacial score (nSPS) is 16.5. The molecule has 3 heteroatoms. The summed E-state index contributed by atoms with van der Waals surface area (Å²) in [5, 5.41) is 2.65. The third-order valence-corrected chi connectivity index (χ3v) is 3.52. The molecule has 0 spiro atoms. The number of rotatable bonds is 4. The predicted molar refractivity (Wildman–Crippen MR) is 68.5 cm³/mol. The highest BCUT2D eigenvalue weighted by Gasteiger charge is 2.16. The number of benzene rings is 1. The zero-order valence-corrected chi connectivity index (χ0v) is 10.2. The molecule has 1 aliphatic carbocycles. The SMILES string of the molecule is COc1cc(C2CCCCC2)ccc1NC=O. The summed E-state index contributed by atoms with van der Waals surface area (Å²) in [6.45, 7) is 0. The summed E-state index contributed by atoms with van der Waals surface area (Å²) in [5.41, 5.74) is 2.07. The fourth-order valence-electron chi connectivity index (χ4n) is 2.58. The number of ether oxygens (including phenoxy) is 1. The molecule has 0 saturated heterocycles. The number of carbonyl (C=O) groups excluding carboxylic acids is 1. The fourth-order valence-corrected chi connectivity index (χ4v) is 2.58. The van der Waals surface area contributed by atoms with Crippen LogP contribution in [0.1, 0.15) is 43.6 Å². The van der Waals surface area contributed by atoms with Crippen LogP contribution in [-0.4, -0.2) is 13.5 Å². The molecule has 0 bridgehead atoms. The Balaban J connectivity index is 2.20. The van der Waals surface area contributed by atoms with Crippen LogP contribution in [0.2, 0.25) is 0 Å². The maximum atomic E-state index is 10.5. The van der Waals surface area contributed by atoms with Crippen molar-refractivity contribution < 1.29 is 9.53 Å². The molecule has 1 amide bonds. The standard InChI is InChI=1S/C14H19NO2/c1-17-14-9-12(7-8-13(14)15-10-16)11-5-3-2-4-6-11/h7-11H,2-6H2,1H3,(H,15,16). The molecule has 1 N–H and O–H groups in total. The summed E-state index contributed by atoms with van der Waals surface area (Å²) in [6, 6.07) is 6.09. The second-order valence-electron chi connectivity index (χ2n) is 4.56. The maximum absolute atomic E-state index is 10.5. The van der Waals surface area contributed by atoms with E-state index in [4.69, 9.17) is 4.74 Å². The van der Waals surface area contributed by atoms with Gasteiger partial charge >= 0.3 is 0 Å². The molecular weight excluding hydrogens is 214 g/mol. The van der Waals surface area contributed by atoms with E-state index in [1.54, 1.807) is 7.11 Å². The minimum absolute atomic E-state index is 0.655. The lowest BCUT2D eigenvalue weighted by Crippen LogP contribution is -2.05. The van der Waals surface area contributed by atoms with Gasteiger partial charge in [0.25, 0.3) is 0 Å². The number of nitrogens with one attached hydrogen (secondary N) is 1. The van der Waals surface area contributed by atoms with Gasteiger partial charge < -0.3 is 10.1 Å². The van der Waals surface area contributed by atoms with Crippen LogP contribution in [0.25, 0.3) is 0 Å². The Kier molecular flexibility index (Phi) is 4.02. The lowest BCUT2D eigenvalue weighted by Gasteiger charge is -2.22. The van der Waals surface area contributed by atoms with Crippen LogP contribution >= 0.6 is 0 Å². The van der Waals surface area contributed by atoms with Crippen molar-refractivity contribution in [3.63, 3.8) is 0 Å². The van der Waals surface area contributed by atoms with Crippen molar-refractivity contribution in [2.45, 2.75) is 38.0 Å². The van der Waals surface area contributed by atoms with E-state index in [0.29, 0.717) is 12.3 Å². The predicted octanol–water partition coefficient (Wildman–Crippen LogP) is 3.31. The highest BCUT2D eigenvalue weighted by molar-refractivity contribution is 5.75. The van der Waals surface area contributed by atoms with Crippen molar-refractivity contribution in [3.05, 3.63) is 23.8 Å². The molecular formula is C14H19NO2. The first kappa shape index (κ1) is 12.0. The molecule has 3 nitrogen and oxygen atoms in total. The largest absolute Gasteiger partial charge is 0.495 e. The van der Waals surface area contributed by atoms with E-state index >= 15 is 0 Å². The van der Waals surface area contributed by atoms with E-state index in [9.17, 15) is 4.79 Å². The van der Waals surface area contributed by atoms with E-state index in [0.717, 1.165) is 11.4 Å². The first-order chi connectivity index (χ1) is 8.35. The van der Waals surface area contributed by atoms with Gasteiger partial charge in [-0.3, -0.25) is 4.79 Å². The molecule has 0 radical (unpaired) electrons. The van der Waals surface area contributed by atoms with Crippen molar-refractivity contribution >= 4 is 12.1 Å². The quantitative estimate of drug-likeness (QED) is 0.810. The third-order valence-electron chi connectivity index (χ3n) is 3.52. The van der Waals surface area contributed by atoms with Gasteiger partial charge in [0.15, 0.2) is 0 Å².